The molecule has 4 nitrogen and oxygen atoms in total. The molecule has 0 atom stereocenters. The highest BCUT2D eigenvalue weighted by Crippen LogP contribution is 2.16. The fourth-order valence-electron chi connectivity index (χ4n) is 1.63. The largest absolute Gasteiger partial charge is 0.398 e. The number of carbonyl (C=O) groups excluding carboxylic acids is 1. The maximum Gasteiger partial charge on any atom is 0.257 e. The summed E-state index contributed by atoms with van der Waals surface area (Å²) in [6, 6.07) is 10.4. The second kappa shape index (κ2) is 5.49. The number of halogens is 1. The third-order valence-electron chi connectivity index (χ3n) is 2.65. The summed E-state index contributed by atoms with van der Waals surface area (Å²) in [7, 11) is 0. The van der Waals surface area contributed by atoms with Gasteiger partial charge in [-0.15, -0.1) is 0 Å². The van der Waals surface area contributed by atoms with Gasteiger partial charge in [-0.05, 0) is 35.9 Å². The van der Waals surface area contributed by atoms with E-state index >= 15 is 0 Å². The number of aliphatic hydroxyl groups excluding tert-OH is 1. The molecule has 0 aliphatic carbocycles. The van der Waals surface area contributed by atoms with Gasteiger partial charge in [0.05, 0.1) is 12.2 Å². The number of benzene rings is 2. The fraction of sp³-hybridized carbons (Fsp3) is 0.0714. The Morgan fingerprint density at radius 1 is 1.21 bits per heavy atom. The first kappa shape index (κ1) is 13.0. The number of anilines is 2. The molecule has 0 fully saturated rings. The van der Waals surface area contributed by atoms with Crippen LogP contribution in [0.25, 0.3) is 0 Å². The van der Waals surface area contributed by atoms with Crippen molar-refractivity contribution < 1.29 is 14.3 Å². The lowest BCUT2D eigenvalue weighted by molar-refractivity contribution is 0.102. The number of hydrogen-bond acceptors (Lipinski definition) is 3. The van der Waals surface area contributed by atoms with E-state index in [0.717, 1.165) is 11.6 Å². The Bertz CT molecular complexity index is 597. The monoisotopic (exact) mass is 260 g/mol. The summed E-state index contributed by atoms with van der Waals surface area (Å²) >= 11 is 0. The van der Waals surface area contributed by atoms with Crippen molar-refractivity contribution >= 4 is 17.3 Å². The molecule has 0 saturated heterocycles. The summed E-state index contributed by atoms with van der Waals surface area (Å²) in [4.78, 5) is 11.9. The number of nitrogens with two attached hydrogens (primary N) is 1. The predicted octanol–water partition coefficient (Wildman–Crippen LogP) is 2.15. The summed E-state index contributed by atoms with van der Waals surface area (Å²) in [5.41, 5.74) is 7.21. The maximum atomic E-state index is 12.9. The molecule has 98 valence electrons. The highest BCUT2D eigenvalue weighted by Gasteiger charge is 2.10. The van der Waals surface area contributed by atoms with E-state index in [1.165, 1.54) is 12.1 Å². The van der Waals surface area contributed by atoms with E-state index < -0.39 is 11.7 Å². The Morgan fingerprint density at radius 2 is 1.89 bits per heavy atom. The van der Waals surface area contributed by atoms with E-state index in [2.05, 4.69) is 5.32 Å². The third-order valence-corrected chi connectivity index (χ3v) is 2.65. The van der Waals surface area contributed by atoms with Gasteiger partial charge in [0, 0.05) is 11.4 Å². The van der Waals surface area contributed by atoms with Crippen molar-refractivity contribution in [2.24, 2.45) is 0 Å². The smallest absolute Gasteiger partial charge is 0.257 e. The fourth-order valence-corrected chi connectivity index (χ4v) is 1.63. The molecule has 0 heterocycles. The Morgan fingerprint density at radius 3 is 2.47 bits per heavy atom. The summed E-state index contributed by atoms with van der Waals surface area (Å²) < 4.78 is 12.9. The van der Waals surface area contributed by atoms with Crippen LogP contribution in [0.4, 0.5) is 15.8 Å². The minimum absolute atomic E-state index is 0.0564. The maximum absolute atomic E-state index is 12.9. The molecular weight excluding hydrogens is 247 g/mol. The molecule has 0 saturated carbocycles. The van der Waals surface area contributed by atoms with E-state index in [-0.39, 0.29) is 17.9 Å². The van der Waals surface area contributed by atoms with Crippen LogP contribution in [0.1, 0.15) is 15.9 Å². The van der Waals surface area contributed by atoms with Crippen LogP contribution >= 0.6 is 0 Å². The van der Waals surface area contributed by atoms with Crippen LogP contribution in [0, 0.1) is 5.82 Å². The number of hydrogen-bond donors (Lipinski definition) is 3. The normalized spacial score (nSPS) is 10.2. The van der Waals surface area contributed by atoms with Gasteiger partial charge in [-0.1, -0.05) is 12.1 Å². The molecule has 5 heteroatoms. The molecule has 0 aliphatic rings. The highest BCUT2D eigenvalue weighted by atomic mass is 19.1. The Labute approximate surface area is 109 Å². The molecule has 0 spiro atoms. The number of nitrogens with one attached hydrogen (secondary N) is 1. The van der Waals surface area contributed by atoms with Gasteiger partial charge in [0.25, 0.3) is 5.91 Å². The molecule has 2 rings (SSSR count). The lowest BCUT2D eigenvalue weighted by atomic mass is 10.1. The van der Waals surface area contributed by atoms with Crippen molar-refractivity contribution in [1.29, 1.82) is 0 Å². The molecule has 19 heavy (non-hydrogen) atoms. The van der Waals surface area contributed by atoms with E-state index in [1.807, 2.05) is 0 Å². The molecular formula is C14H13FN2O2. The van der Waals surface area contributed by atoms with Crippen molar-refractivity contribution in [3.63, 3.8) is 0 Å². The number of rotatable bonds is 3. The van der Waals surface area contributed by atoms with E-state index in [4.69, 9.17) is 10.8 Å². The molecule has 2 aromatic rings. The Balaban J connectivity index is 2.15. The zero-order valence-corrected chi connectivity index (χ0v) is 10.1. The van der Waals surface area contributed by atoms with Crippen LogP contribution in [0.15, 0.2) is 42.5 Å². The summed E-state index contributed by atoms with van der Waals surface area (Å²) in [5.74, 6) is -0.893. The lowest BCUT2D eigenvalue weighted by Crippen LogP contribution is -2.14. The molecule has 0 bridgehead atoms. The van der Waals surface area contributed by atoms with Crippen LogP contribution in [0.2, 0.25) is 0 Å². The minimum atomic E-state index is -0.485. The Hall–Kier alpha value is -2.40. The average Bonchev–Trinajstić information content (AvgIpc) is 2.39. The lowest BCUT2D eigenvalue weighted by Gasteiger charge is -2.08. The average molecular weight is 260 g/mol. The van der Waals surface area contributed by atoms with Gasteiger partial charge in [-0.2, -0.15) is 0 Å². The Kier molecular flexibility index (Phi) is 3.77. The quantitative estimate of drug-likeness (QED) is 0.740. The first-order valence-electron chi connectivity index (χ1n) is 5.66. The first-order chi connectivity index (χ1) is 9.10. The predicted molar refractivity (Wildman–Crippen MR) is 71.1 cm³/mol. The summed E-state index contributed by atoms with van der Waals surface area (Å²) in [6.45, 7) is -0.0564. The molecule has 0 aliphatic heterocycles. The molecule has 2 aromatic carbocycles. The number of aliphatic hydroxyl groups is 1. The van der Waals surface area contributed by atoms with Crippen molar-refractivity contribution in [2.45, 2.75) is 6.61 Å². The van der Waals surface area contributed by atoms with Gasteiger partial charge < -0.3 is 16.2 Å². The number of nitrogen functional groups attached to an aromatic ring is 1. The second-order valence-electron chi connectivity index (χ2n) is 4.04. The zero-order valence-electron chi connectivity index (χ0n) is 10.1. The van der Waals surface area contributed by atoms with Crippen molar-refractivity contribution in [3.05, 3.63) is 59.4 Å². The van der Waals surface area contributed by atoms with E-state index in [9.17, 15) is 9.18 Å². The second-order valence-corrected chi connectivity index (χ2v) is 4.04. The zero-order chi connectivity index (χ0) is 13.8. The van der Waals surface area contributed by atoms with Crippen LogP contribution in [0.5, 0.6) is 0 Å². The van der Waals surface area contributed by atoms with E-state index in [0.29, 0.717) is 5.69 Å². The molecule has 0 radical (unpaired) electrons. The topological polar surface area (TPSA) is 75.4 Å². The van der Waals surface area contributed by atoms with Crippen molar-refractivity contribution in [1.82, 2.24) is 0 Å². The molecule has 0 aromatic heterocycles. The summed E-state index contributed by atoms with van der Waals surface area (Å²) in [6.07, 6.45) is 0. The minimum Gasteiger partial charge on any atom is -0.398 e. The van der Waals surface area contributed by atoms with Gasteiger partial charge in [0.1, 0.15) is 5.82 Å². The summed E-state index contributed by atoms with van der Waals surface area (Å²) in [5, 5.41) is 11.6. The van der Waals surface area contributed by atoms with Crippen LogP contribution in [-0.4, -0.2) is 11.0 Å². The standard InChI is InChI=1S/C14H13FN2O2/c15-10-3-6-12(13(16)7-10)14(19)17-11-4-1-9(8-18)2-5-11/h1-7,18H,8,16H2,(H,17,19). The van der Waals surface area contributed by atoms with Gasteiger partial charge in [-0.25, -0.2) is 4.39 Å². The van der Waals surface area contributed by atoms with Gasteiger partial charge in [-0.3, -0.25) is 4.79 Å². The van der Waals surface area contributed by atoms with E-state index in [1.54, 1.807) is 24.3 Å². The van der Waals surface area contributed by atoms with Gasteiger partial charge in [0.2, 0.25) is 0 Å². The van der Waals surface area contributed by atoms with Crippen LogP contribution in [0.3, 0.4) is 0 Å². The van der Waals surface area contributed by atoms with Crippen molar-refractivity contribution in [2.75, 3.05) is 11.1 Å². The molecule has 0 unspecified atom stereocenters. The number of carbonyl (C=O) groups is 1. The first-order valence-corrected chi connectivity index (χ1v) is 5.66. The molecule has 1 amide bonds. The van der Waals surface area contributed by atoms with Gasteiger partial charge in [0.15, 0.2) is 0 Å². The SMILES string of the molecule is Nc1cc(F)ccc1C(=O)Nc1ccc(CO)cc1. The van der Waals surface area contributed by atoms with Crippen molar-refractivity contribution in [3.8, 4) is 0 Å². The van der Waals surface area contributed by atoms with Gasteiger partial charge >= 0.3 is 0 Å². The van der Waals surface area contributed by atoms with Crippen LogP contribution in [-0.2, 0) is 6.61 Å². The van der Waals surface area contributed by atoms with Crippen LogP contribution < -0.4 is 11.1 Å². The molecule has 4 N–H and O–H groups in total. The highest BCUT2D eigenvalue weighted by molar-refractivity contribution is 6.07. The third kappa shape index (κ3) is 3.08. The number of amides is 1.